The zero-order valence-corrected chi connectivity index (χ0v) is 4.89. The van der Waals surface area contributed by atoms with Crippen molar-refractivity contribution >= 4 is 11.2 Å². The van der Waals surface area contributed by atoms with Crippen molar-refractivity contribution in [3.8, 4) is 0 Å². The molecular formula is C5H4N4O. The molecule has 0 amide bonds. The highest BCUT2D eigenvalue weighted by Crippen LogP contribution is 2.02. The number of rotatable bonds is 0. The van der Waals surface area contributed by atoms with Crippen LogP contribution in [0, 0.1) is 0 Å². The number of nitrogens with zero attached hydrogens (tertiary/aromatic N) is 4. The molecule has 2 aromatic heterocycles. The lowest BCUT2D eigenvalue weighted by atomic mass is 10.4. The molecule has 0 spiro atoms. The Kier molecular flexibility index (Phi) is 0.700. The third kappa shape index (κ3) is 0.540. The molecule has 0 aliphatic rings. The van der Waals surface area contributed by atoms with Gasteiger partial charge in [0.05, 0.1) is 1.37 Å². The lowest BCUT2D eigenvalue weighted by Gasteiger charge is -1.85. The van der Waals surface area contributed by atoms with Gasteiger partial charge < -0.3 is 5.21 Å². The van der Waals surface area contributed by atoms with E-state index in [2.05, 4.69) is 15.3 Å². The molecule has 2 rings (SSSR count). The van der Waals surface area contributed by atoms with E-state index < -0.39 is 0 Å². The molecule has 10 heavy (non-hydrogen) atoms. The van der Waals surface area contributed by atoms with E-state index >= 15 is 0 Å². The van der Waals surface area contributed by atoms with Gasteiger partial charge in [-0.3, -0.25) is 0 Å². The van der Waals surface area contributed by atoms with Crippen molar-refractivity contribution in [1.29, 1.82) is 0 Å². The van der Waals surface area contributed by atoms with Crippen LogP contribution in [0.5, 0.6) is 0 Å². The quantitative estimate of drug-likeness (QED) is 0.521. The Hall–Kier alpha value is -1.65. The number of aromatic nitrogens is 4. The first-order valence-corrected chi connectivity index (χ1v) is 2.65. The molecule has 1 N–H and O–H groups in total. The van der Waals surface area contributed by atoms with E-state index in [0.717, 1.165) is 0 Å². The number of fused-ring (bicyclic) bond motifs is 1. The summed E-state index contributed by atoms with van der Waals surface area (Å²) in [5, 5.41) is 15.8. The summed E-state index contributed by atoms with van der Waals surface area (Å²) in [6.45, 7) is 0. The van der Waals surface area contributed by atoms with Crippen LogP contribution in [0.15, 0.2) is 18.3 Å². The van der Waals surface area contributed by atoms with E-state index in [0.29, 0.717) is 10.4 Å². The summed E-state index contributed by atoms with van der Waals surface area (Å²) in [6, 6.07) is 1.69. The second-order valence-electron chi connectivity index (χ2n) is 1.74. The van der Waals surface area contributed by atoms with Gasteiger partial charge in [-0.1, -0.05) is 4.85 Å². The molecule has 0 aliphatic carbocycles. The Labute approximate surface area is 57.3 Å². The van der Waals surface area contributed by atoms with Crippen molar-refractivity contribution in [2.75, 3.05) is 0 Å². The zero-order chi connectivity index (χ0) is 7.84. The maximum atomic E-state index is 8.93. The van der Waals surface area contributed by atoms with Crippen LogP contribution in [0.1, 0.15) is 1.37 Å². The second-order valence-corrected chi connectivity index (χ2v) is 1.74. The summed E-state index contributed by atoms with van der Waals surface area (Å²) in [6.07, 6.45) is 1.42. The standard InChI is InChI=1S/C5H4N4O/c10-9-5-4(7-8-9)2-1-3-6-5/h1-3,10H/i2D. The number of pyridine rings is 1. The predicted octanol–water partition coefficient (Wildman–Crippen LogP) is 0.0636. The molecule has 2 heterocycles. The van der Waals surface area contributed by atoms with Crippen LogP contribution in [0.4, 0.5) is 0 Å². The van der Waals surface area contributed by atoms with Crippen LogP contribution in [-0.2, 0) is 0 Å². The van der Waals surface area contributed by atoms with Crippen LogP contribution in [0.2, 0.25) is 0 Å². The summed E-state index contributed by atoms with van der Waals surface area (Å²) >= 11 is 0. The lowest BCUT2D eigenvalue weighted by molar-refractivity contribution is 0.153. The molecular weight excluding hydrogens is 132 g/mol. The summed E-state index contributed by atoms with van der Waals surface area (Å²) in [5.41, 5.74) is 0.507. The minimum atomic E-state index is 0.204. The largest absolute Gasteiger partial charge is 0.409 e. The summed E-state index contributed by atoms with van der Waals surface area (Å²) in [4.78, 5) is 4.32. The van der Waals surface area contributed by atoms with Gasteiger partial charge in [0, 0.05) is 6.20 Å². The van der Waals surface area contributed by atoms with Crippen LogP contribution in [0.25, 0.3) is 11.2 Å². The second kappa shape index (κ2) is 1.66. The highest BCUT2D eigenvalue weighted by Gasteiger charge is 2.00. The zero-order valence-electron chi connectivity index (χ0n) is 5.89. The smallest absolute Gasteiger partial charge is 0.219 e. The highest BCUT2D eigenvalue weighted by atomic mass is 16.5. The van der Waals surface area contributed by atoms with Gasteiger partial charge in [0.15, 0.2) is 0 Å². The fourth-order valence-corrected chi connectivity index (χ4v) is 0.699. The minimum Gasteiger partial charge on any atom is -0.409 e. The molecule has 5 nitrogen and oxygen atoms in total. The Bertz CT molecular complexity index is 398. The van der Waals surface area contributed by atoms with Crippen molar-refractivity contribution < 1.29 is 6.58 Å². The molecule has 2 aromatic rings. The molecule has 0 unspecified atom stereocenters. The molecule has 0 aliphatic heterocycles. The molecule has 0 atom stereocenters. The molecule has 0 saturated heterocycles. The minimum absolute atomic E-state index is 0.204. The van der Waals surface area contributed by atoms with Crippen molar-refractivity contribution in [2.45, 2.75) is 0 Å². The van der Waals surface area contributed by atoms with E-state index in [1.54, 1.807) is 0 Å². The number of hydrogen-bond donors (Lipinski definition) is 1. The van der Waals surface area contributed by atoms with Crippen molar-refractivity contribution in [2.24, 2.45) is 0 Å². The summed E-state index contributed by atoms with van der Waals surface area (Å²) < 4.78 is 7.31. The Morgan fingerprint density at radius 3 is 3.40 bits per heavy atom. The molecule has 50 valence electrons. The fraction of sp³-hybridized carbons (Fsp3) is 0. The highest BCUT2D eigenvalue weighted by molar-refractivity contribution is 5.68. The third-order valence-electron chi connectivity index (χ3n) is 1.12. The van der Waals surface area contributed by atoms with Gasteiger partial charge in [0.25, 0.3) is 0 Å². The normalized spacial score (nSPS) is 11.8. The topological polar surface area (TPSA) is 63.8 Å². The van der Waals surface area contributed by atoms with Gasteiger partial charge in [-0.15, -0.1) is 5.10 Å². The number of hydrogen-bond acceptors (Lipinski definition) is 4. The first-order valence-electron chi connectivity index (χ1n) is 3.15. The molecule has 0 saturated carbocycles. The van der Waals surface area contributed by atoms with E-state index in [9.17, 15) is 0 Å². The SMILES string of the molecule is [2H]c1ccnc2c1nnn2O. The Morgan fingerprint density at radius 2 is 2.60 bits per heavy atom. The van der Waals surface area contributed by atoms with Gasteiger partial charge in [-0.05, 0) is 17.3 Å². The first-order chi connectivity index (χ1) is 5.29. The maximum Gasteiger partial charge on any atom is 0.219 e. The molecule has 0 aromatic carbocycles. The summed E-state index contributed by atoms with van der Waals surface area (Å²) in [5.74, 6) is 0. The monoisotopic (exact) mass is 137 g/mol. The van der Waals surface area contributed by atoms with Gasteiger partial charge in [-0.2, -0.15) is 0 Å². The van der Waals surface area contributed by atoms with E-state index in [-0.39, 0.29) is 11.7 Å². The van der Waals surface area contributed by atoms with Crippen LogP contribution >= 0.6 is 0 Å². The molecule has 0 fully saturated rings. The van der Waals surface area contributed by atoms with Crippen LogP contribution in [0.3, 0.4) is 0 Å². The van der Waals surface area contributed by atoms with Crippen molar-refractivity contribution in [3.63, 3.8) is 0 Å². The molecule has 0 radical (unpaired) electrons. The summed E-state index contributed by atoms with van der Waals surface area (Å²) in [7, 11) is 0. The van der Waals surface area contributed by atoms with Gasteiger partial charge in [0.1, 0.15) is 5.52 Å². The van der Waals surface area contributed by atoms with Gasteiger partial charge >= 0.3 is 0 Å². The predicted molar refractivity (Wildman–Crippen MR) is 32.5 cm³/mol. The van der Waals surface area contributed by atoms with Gasteiger partial charge in [-0.25, -0.2) is 4.98 Å². The average molecular weight is 137 g/mol. The van der Waals surface area contributed by atoms with Crippen molar-refractivity contribution in [3.05, 3.63) is 18.3 Å². The Morgan fingerprint density at radius 1 is 1.70 bits per heavy atom. The molecule has 5 heteroatoms. The maximum absolute atomic E-state index is 8.93. The average Bonchev–Trinajstić information content (AvgIpc) is 2.35. The van der Waals surface area contributed by atoms with E-state index in [1.165, 1.54) is 12.3 Å². The Balaban J connectivity index is 2.94. The van der Waals surface area contributed by atoms with E-state index in [1.807, 2.05) is 0 Å². The van der Waals surface area contributed by atoms with Crippen LogP contribution < -0.4 is 0 Å². The van der Waals surface area contributed by atoms with Crippen molar-refractivity contribution in [1.82, 2.24) is 20.1 Å². The molecule has 0 bridgehead atoms. The lowest BCUT2D eigenvalue weighted by Crippen LogP contribution is -1.92. The fourth-order valence-electron chi connectivity index (χ4n) is 0.699. The van der Waals surface area contributed by atoms with E-state index in [4.69, 9.17) is 6.58 Å². The third-order valence-corrected chi connectivity index (χ3v) is 1.12. The first kappa shape index (κ1) is 4.21. The van der Waals surface area contributed by atoms with Gasteiger partial charge in [0.2, 0.25) is 5.65 Å². The van der Waals surface area contributed by atoms with Crippen LogP contribution in [-0.4, -0.2) is 25.3 Å².